The van der Waals surface area contributed by atoms with E-state index in [2.05, 4.69) is 5.32 Å². The molecule has 1 heterocycles. The topological polar surface area (TPSA) is 67.9 Å². The van der Waals surface area contributed by atoms with E-state index in [1.807, 2.05) is 49.9 Å². The summed E-state index contributed by atoms with van der Waals surface area (Å²) in [4.78, 5) is 26.5. The fourth-order valence-corrected chi connectivity index (χ4v) is 3.31. The number of benzene rings is 1. The van der Waals surface area contributed by atoms with Crippen molar-refractivity contribution in [1.82, 2.24) is 10.2 Å². The summed E-state index contributed by atoms with van der Waals surface area (Å²) in [7, 11) is 1.65. The van der Waals surface area contributed by atoms with Crippen molar-refractivity contribution in [2.45, 2.75) is 64.5 Å². The third-order valence-electron chi connectivity index (χ3n) is 4.58. The van der Waals surface area contributed by atoms with Gasteiger partial charge in [0, 0.05) is 19.5 Å². The predicted molar refractivity (Wildman–Crippen MR) is 105 cm³/mol. The average Bonchev–Trinajstić information content (AvgIpc) is 2.86. The Bertz CT molecular complexity index is 622. The molecule has 0 spiro atoms. The van der Waals surface area contributed by atoms with Gasteiger partial charge in [-0.2, -0.15) is 0 Å². The molecule has 1 aliphatic heterocycles. The van der Waals surface area contributed by atoms with Crippen molar-refractivity contribution in [2.24, 2.45) is 0 Å². The first kappa shape index (κ1) is 21.1. The molecule has 6 nitrogen and oxygen atoms in total. The molecule has 0 aromatic heterocycles. The Kier molecular flexibility index (Phi) is 7.51. The van der Waals surface area contributed by atoms with Crippen LogP contribution in [0.3, 0.4) is 0 Å². The van der Waals surface area contributed by atoms with Crippen LogP contribution in [0.4, 0.5) is 4.79 Å². The predicted octanol–water partition coefficient (Wildman–Crippen LogP) is 4.05. The molecule has 150 valence electrons. The number of ether oxygens (including phenoxy) is 2. The number of hydrogen-bond donors (Lipinski definition) is 1. The Hall–Kier alpha value is -2.24. The van der Waals surface area contributed by atoms with Gasteiger partial charge in [0.15, 0.2) is 0 Å². The summed E-state index contributed by atoms with van der Waals surface area (Å²) in [5.74, 6) is 0.876. The zero-order chi connectivity index (χ0) is 19.9. The molecule has 1 aromatic carbocycles. The molecular weight excluding hydrogens is 344 g/mol. The molecule has 0 bridgehead atoms. The van der Waals surface area contributed by atoms with Gasteiger partial charge in [0.2, 0.25) is 5.91 Å². The summed E-state index contributed by atoms with van der Waals surface area (Å²) in [5.41, 5.74) is 0.587. The lowest BCUT2D eigenvalue weighted by Gasteiger charge is -2.31. The molecule has 1 aromatic rings. The van der Waals surface area contributed by atoms with Crippen LogP contribution in [0.2, 0.25) is 0 Å². The molecule has 6 heteroatoms. The summed E-state index contributed by atoms with van der Waals surface area (Å²) in [6.45, 7) is 6.47. The number of amides is 2. The number of carbonyl (C=O) groups is 2. The van der Waals surface area contributed by atoms with Crippen molar-refractivity contribution in [3.8, 4) is 5.75 Å². The van der Waals surface area contributed by atoms with E-state index >= 15 is 0 Å². The summed E-state index contributed by atoms with van der Waals surface area (Å²) < 4.78 is 10.4. The van der Waals surface area contributed by atoms with Gasteiger partial charge >= 0.3 is 6.09 Å². The highest BCUT2D eigenvalue weighted by Gasteiger charge is 2.26. The van der Waals surface area contributed by atoms with Crippen molar-refractivity contribution < 1.29 is 19.1 Å². The van der Waals surface area contributed by atoms with Gasteiger partial charge in [0.25, 0.3) is 0 Å². The Morgan fingerprint density at radius 3 is 2.48 bits per heavy atom. The van der Waals surface area contributed by atoms with Crippen molar-refractivity contribution in [3.63, 3.8) is 0 Å². The van der Waals surface area contributed by atoms with E-state index in [1.165, 1.54) is 0 Å². The Morgan fingerprint density at radius 2 is 1.85 bits per heavy atom. The van der Waals surface area contributed by atoms with E-state index in [-0.39, 0.29) is 24.9 Å². The molecule has 27 heavy (non-hydrogen) atoms. The third-order valence-corrected chi connectivity index (χ3v) is 4.58. The maximum absolute atomic E-state index is 12.8. The summed E-state index contributed by atoms with van der Waals surface area (Å²) in [6, 6.07) is 8.02. The Labute approximate surface area is 162 Å². The minimum atomic E-state index is -0.543. The summed E-state index contributed by atoms with van der Waals surface area (Å²) in [5, 5.41) is 2.67. The molecule has 0 aliphatic carbocycles. The largest absolute Gasteiger partial charge is 0.497 e. The zero-order valence-corrected chi connectivity index (χ0v) is 16.9. The number of rotatable bonds is 5. The molecule has 1 N–H and O–H groups in total. The second-order valence-corrected chi connectivity index (χ2v) is 7.90. The van der Waals surface area contributed by atoms with Gasteiger partial charge < -0.3 is 19.7 Å². The van der Waals surface area contributed by atoms with E-state index in [0.717, 1.165) is 43.5 Å². The van der Waals surface area contributed by atoms with Gasteiger partial charge in [-0.3, -0.25) is 4.79 Å². The number of methoxy groups -OCH3 is 1. The Morgan fingerprint density at radius 1 is 1.15 bits per heavy atom. The van der Waals surface area contributed by atoms with Crippen LogP contribution in [0.25, 0.3) is 0 Å². The lowest BCUT2D eigenvalue weighted by atomic mass is 10.0. The number of nitrogens with one attached hydrogen (secondary N) is 1. The van der Waals surface area contributed by atoms with Crippen molar-refractivity contribution in [1.29, 1.82) is 0 Å². The first-order valence-corrected chi connectivity index (χ1v) is 9.70. The molecule has 0 radical (unpaired) electrons. The smallest absolute Gasteiger partial charge is 0.407 e. The summed E-state index contributed by atoms with van der Waals surface area (Å²) >= 11 is 0. The molecule has 1 unspecified atom stereocenters. The van der Waals surface area contributed by atoms with Gasteiger partial charge in [-0.1, -0.05) is 25.0 Å². The quantitative estimate of drug-likeness (QED) is 0.842. The van der Waals surface area contributed by atoms with Crippen molar-refractivity contribution in [2.75, 3.05) is 20.2 Å². The standard InChI is InChI=1S/C21H32N2O4/c1-21(2,3)27-20(25)22-14-13-19(24)23-15-7-5-6-8-18(23)16-9-11-17(26-4)12-10-16/h9-12,18H,5-8,13-15H2,1-4H3,(H,22,25). The summed E-state index contributed by atoms with van der Waals surface area (Å²) in [6.07, 6.45) is 3.99. The minimum absolute atomic E-state index is 0.0637. The first-order chi connectivity index (χ1) is 12.8. The average molecular weight is 376 g/mol. The van der Waals surface area contributed by atoms with Crippen LogP contribution in [0.5, 0.6) is 5.75 Å². The van der Waals surface area contributed by atoms with Crippen molar-refractivity contribution in [3.05, 3.63) is 29.8 Å². The van der Waals surface area contributed by atoms with E-state index < -0.39 is 11.7 Å². The van der Waals surface area contributed by atoms with Crippen LogP contribution in [0.1, 0.15) is 64.5 Å². The van der Waals surface area contributed by atoms with Crippen LogP contribution < -0.4 is 10.1 Å². The maximum atomic E-state index is 12.8. The fraction of sp³-hybridized carbons (Fsp3) is 0.619. The van der Waals surface area contributed by atoms with Crippen molar-refractivity contribution >= 4 is 12.0 Å². The Balaban J connectivity index is 1.97. The van der Waals surface area contributed by atoms with E-state index in [1.54, 1.807) is 7.11 Å². The van der Waals surface area contributed by atoms with E-state index in [4.69, 9.17) is 9.47 Å². The molecule has 0 saturated carbocycles. The monoisotopic (exact) mass is 376 g/mol. The molecule has 1 saturated heterocycles. The fourth-order valence-electron chi connectivity index (χ4n) is 3.31. The lowest BCUT2D eigenvalue weighted by Crippen LogP contribution is -2.38. The highest BCUT2D eigenvalue weighted by molar-refractivity contribution is 5.78. The van der Waals surface area contributed by atoms with Gasteiger partial charge in [0.1, 0.15) is 11.4 Å². The van der Waals surface area contributed by atoms with E-state index in [0.29, 0.717) is 0 Å². The number of alkyl carbamates (subject to hydrolysis) is 1. The number of nitrogens with zero attached hydrogens (tertiary/aromatic N) is 1. The first-order valence-electron chi connectivity index (χ1n) is 9.70. The molecule has 2 rings (SSSR count). The normalized spacial score (nSPS) is 17.8. The SMILES string of the molecule is COc1ccc(C2CCCCCN2C(=O)CCNC(=O)OC(C)(C)C)cc1. The molecule has 2 amide bonds. The van der Waals surface area contributed by atoms with E-state index in [9.17, 15) is 9.59 Å². The highest BCUT2D eigenvalue weighted by atomic mass is 16.6. The van der Waals surface area contributed by atoms with Crippen LogP contribution >= 0.6 is 0 Å². The third kappa shape index (κ3) is 6.77. The van der Waals surface area contributed by atoms with Gasteiger partial charge in [-0.05, 0) is 51.3 Å². The number of likely N-dealkylation sites (tertiary alicyclic amines) is 1. The van der Waals surface area contributed by atoms with Crippen LogP contribution in [0.15, 0.2) is 24.3 Å². The van der Waals surface area contributed by atoms with Gasteiger partial charge in [-0.15, -0.1) is 0 Å². The zero-order valence-electron chi connectivity index (χ0n) is 16.9. The lowest BCUT2D eigenvalue weighted by molar-refractivity contribution is -0.133. The van der Waals surface area contributed by atoms with Crippen LogP contribution in [0, 0.1) is 0 Å². The van der Waals surface area contributed by atoms with Crippen LogP contribution in [-0.4, -0.2) is 42.7 Å². The van der Waals surface area contributed by atoms with Gasteiger partial charge in [-0.25, -0.2) is 4.79 Å². The molecule has 1 fully saturated rings. The minimum Gasteiger partial charge on any atom is -0.497 e. The second kappa shape index (κ2) is 9.62. The second-order valence-electron chi connectivity index (χ2n) is 7.90. The number of carbonyl (C=O) groups excluding carboxylic acids is 2. The molecule has 1 atom stereocenters. The van der Waals surface area contributed by atoms with Crippen LogP contribution in [-0.2, 0) is 9.53 Å². The highest BCUT2D eigenvalue weighted by Crippen LogP contribution is 2.31. The number of hydrogen-bond acceptors (Lipinski definition) is 4. The molecule has 1 aliphatic rings. The molecular formula is C21H32N2O4. The van der Waals surface area contributed by atoms with Gasteiger partial charge in [0.05, 0.1) is 13.2 Å². The maximum Gasteiger partial charge on any atom is 0.407 e.